The first-order chi connectivity index (χ1) is 5.62. The van der Waals surface area contributed by atoms with Gasteiger partial charge in [-0.15, -0.1) is 0 Å². The molecule has 0 spiro atoms. The van der Waals surface area contributed by atoms with Crippen LogP contribution in [0.25, 0.3) is 0 Å². The minimum atomic E-state index is -1.26. The molecule has 0 bridgehead atoms. The van der Waals surface area contributed by atoms with E-state index in [1.807, 2.05) is 13.8 Å². The van der Waals surface area contributed by atoms with Gasteiger partial charge in [0.2, 0.25) is 0 Å². The Morgan fingerprint density at radius 1 is 1.25 bits per heavy atom. The molecule has 2 nitrogen and oxygen atoms in total. The van der Waals surface area contributed by atoms with E-state index < -0.39 is 5.67 Å². The second-order valence-electron chi connectivity index (χ2n) is 3.85. The molecule has 1 fully saturated rings. The number of ether oxygens (including phenoxy) is 2. The first-order valence-electron chi connectivity index (χ1n) is 4.47. The van der Waals surface area contributed by atoms with Crippen molar-refractivity contribution < 1.29 is 13.9 Å². The zero-order valence-corrected chi connectivity index (χ0v) is 7.81. The van der Waals surface area contributed by atoms with E-state index in [0.29, 0.717) is 25.6 Å². The fraction of sp³-hybridized carbons (Fsp3) is 1.00. The summed E-state index contributed by atoms with van der Waals surface area (Å²) in [6.07, 6.45) is 0.521. The fourth-order valence-electron chi connectivity index (χ4n) is 1.52. The fourth-order valence-corrected chi connectivity index (χ4v) is 1.52. The standard InChI is InChI=1S/C9H17FO2/c1-8(2)5-9(10)6-11-3-4-12-7-9/h8H,3-7H2,1-2H3. The maximum atomic E-state index is 13.8. The van der Waals surface area contributed by atoms with Gasteiger partial charge in [0.05, 0.1) is 26.4 Å². The van der Waals surface area contributed by atoms with Gasteiger partial charge in [-0.3, -0.25) is 0 Å². The van der Waals surface area contributed by atoms with Crippen molar-refractivity contribution in [1.29, 1.82) is 0 Å². The summed E-state index contributed by atoms with van der Waals surface area (Å²) in [6, 6.07) is 0. The molecule has 0 aromatic heterocycles. The van der Waals surface area contributed by atoms with Crippen molar-refractivity contribution in [3.8, 4) is 0 Å². The van der Waals surface area contributed by atoms with Gasteiger partial charge in [0.25, 0.3) is 0 Å². The number of halogens is 1. The van der Waals surface area contributed by atoms with E-state index in [4.69, 9.17) is 9.47 Å². The molecule has 0 unspecified atom stereocenters. The highest BCUT2D eigenvalue weighted by Crippen LogP contribution is 2.23. The van der Waals surface area contributed by atoms with E-state index in [9.17, 15) is 4.39 Å². The number of alkyl halides is 1. The van der Waals surface area contributed by atoms with E-state index in [1.165, 1.54) is 0 Å². The Hall–Kier alpha value is -0.150. The van der Waals surface area contributed by atoms with Gasteiger partial charge in [0.15, 0.2) is 5.67 Å². The van der Waals surface area contributed by atoms with Gasteiger partial charge in [-0.2, -0.15) is 0 Å². The zero-order chi connectivity index (χ0) is 9.03. The van der Waals surface area contributed by atoms with Gasteiger partial charge in [0.1, 0.15) is 0 Å². The summed E-state index contributed by atoms with van der Waals surface area (Å²) in [5.74, 6) is 0.347. The molecule has 1 aliphatic heterocycles. The van der Waals surface area contributed by atoms with Crippen LogP contribution < -0.4 is 0 Å². The van der Waals surface area contributed by atoms with Crippen molar-refractivity contribution in [1.82, 2.24) is 0 Å². The largest absolute Gasteiger partial charge is 0.376 e. The summed E-state index contributed by atoms with van der Waals surface area (Å²) >= 11 is 0. The van der Waals surface area contributed by atoms with Crippen molar-refractivity contribution in [2.45, 2.75) is 25.9 Å². The van der Waals surface area contributed by atoms with Crippen LogP contribution in [-0.2, 0) is 9.47 Å². The van der Waals surface area contributed by atoms with E-state index in [2.05, 4.69) is 0 Å². The van der Waals surface area contributed by atoms with E-state index in [-0.39, 0.29) is 13.2 Å². The molecule has 1 saturated heterocycles. The molecule has 0 aromatic carbocycles. The Morgan fingerprint density at radius 3 is 2.17 bits per heavy atom. The predicted molar refractivity (Wildman–Crippen MR) is 44.9 cm³/mol. The van der Waals surface area contributed by atoms with Crippen LogP contribution >= 0.6 is 0 Å². The van der Waals surface area contributed by atoms with Crippen LogP contribution in [0.15, 0.2) is 0 Å². The Kier molecular flexibility index (Phi) is 3.47. The third-order valence-electron chi connectivity index (χ3n) is 1.87. The van der Waals surface area contributed by atoms with Gasteiger partial charge < -0.3 is 9.47 Å². The SMILES string of the molecule is CC(C)CC1(F)COCCOC1. The zero-order valence-electron chi connectivity index (χ0n) is 7.81. The van der Waals surface area contributed by atoms with Crippen molar-refractivity contribution in [2.24, 2.45) is 5.92 Å². The van der Waals surface area contributed by atoms with Crippen LogP contribution in [0.2, 0.25) is 0 Å². The first kappa shape index (κ1) is 9.93. The van der Waals surface area contributed by atoms with Crippen molar-refractivity contribution in [2.75, 3.05) is 26.4 Å². The van der Waals surface area contributed by atoms with Crippen LogP contribution in [0.4, 0.5) is 4.39 Å². The average molecular weight is 176 g/mol. The highest BCUT2D eigenvalue weighted by atomic mass is 19.1. The van der Waals surface area contributed by atoms with Crippen LogP contribution in [0.5, 0.6) is 0 Å². The number of hydrogen-bond donors (Lipinski definition) is 0. The molecular weight excluding hydrogens is 159 g/mol. The average Bonchev–Trinajstić information content (AvgIpc) is 2.12. The molecule has 12 heavy (non-hydrogen) atoms. The first-order valence-corrected chi connectivity index (χ1v) is 4.47. The summed E-state index contributed by atoms with van der Waals surface area (Å²) in [6.45, 7) is 5.42. The maximum absolute atomic E-state index is 13.8. The second-order valence-corrected chi connectivity index (χ2v) is 3.85. The van der Waals surface area contributed by atoms with Gasteiger partial charge in [-0.05, 0) is 12.3 Å². The molecule has 0 atom stereocenters. The summed E-state index contributed by atoms with van der Waals surface area (Å²) in [5.41, 5.74) is -1.26. The van der Waals surface area contributed by atoms with Gasteiger partial charge in [0, 0.05) is 0 Å². The molecule has 72 valence electrons. The molecule has 0 saturated carbocycles. The molecular formula is C9H17FO2. The van der Waals surface area contributed by atoms with Gasteiger partial charge >= 0.3 is 0 Å². The Bertz CT molecular complexity index is 128. The lowest BCUT2D eigenvalue weighted by molar-refractivity contribution is -0.000441. The Labute approximate surface area is 73.0 Å². The summed E-state index contributed by atoms with van der Waals surface area (Å²) in [7, 11) is 0. The third kappa shape index (κ3) is 3.07. The lowest BCUT2D eigenvalue weighted by Crippen LogP contribution is -2.34. The molecule has 0 aromatic rings. The molecule has 1 rings (SSSR count). The van der Waals surface area contributed by atoms with Crippen LogP contribution in [0, 0.1) is 5.92 Å². The van der Waals surface area contributed by atoms with Crippen molar-refractivity contribution in [3.05, 3.63) is 0 Å². The maximum Gasteiger partial charge on any atom is 0.157 e. The Balaban J connectivity index is 2.42. The molecule has 0 aliphatic carbocycles. The summed E-state index contributed by atoms with van der Waals surface area (Å²) < 4.78 is 24.1. The Morgan fingerprint density at radius 2 is 1.75 bits per heavy atom. The predicted octanol–water partition coefficient (Wildman–Crippen LogP) is 1.79. The topological polar surface area (TPSA) is 18.5 Å². The minimum Gasteiger partial charge on any atom is -0.376 e. The van der Waals surface area contributed by atoms with Crippen molar-refractivity contribution in [3.63, 3.8) is 0 Å². The van der Waals surface area contributed by atoms with E-state index in [1.54, 1.807) is 0 Å². The van der Waals surface area contributed by atoms with Crippen LogP contribution in [-0.4, -0.2) is 32.1 Å². The molecule has 1 heterocycles. The smallest absolute Gasteiger partial charge is 0.157 e. The molecule has 3 heteroatoms. The lowest BCUT2D eigenvalue weighted by Gasteiger charge is -2.23. The van der Waals surface area contributed by atoms with Gasteiger partial charge in [-0.25, -0.2) is 4.39 Å². The third-order valence-corrected chi connectivity index (χ3v) is 1.87. The molecule has 0 amide bonds. The van der Waals surface area contributed by atoms with Crippen molar-refractivity contribution >= 4 is 0 Å². The highest BCUT2D eigenvalue weighted by Gasteiger charge is 2.32. The van der Waals surface area contributed by atoms with Gasteiger partial charge in [-0.1, -0.05) is 13.8 Å². The molecule has 1 aliphatic rings. The molecule has 0 N–H and O–H groups in total. The quantitative estimate of drug-likeness (QED) is 0.638. The normalized spacial score (nSPS) is 24.0. The summed E-state index contributed by atoms with van der Waals surface area (Å²) in [5, 5.41) is 0. The number of hydrogen-bond acceptors (Lipinski definition) is 2. The van der Waals surface area contributed by atoms with E-state index >= 15 is 0 Å². The van der Waals surface area contributed by atoms with Crippen LogP contribution in [0.3, 0.4) is 0 Å². The monoisotopic (exact) mass is 176 g/mol. The minimum absolute atomic E-state index is 0.186. The van der Waals surface area contributed by atoms with Crippen LogP contribution in [0.1, 0.15) is 20.3 Å². The highest BCUT2D eigenvalue weighted by molar-refractivity contribution is 4.81. The molecule has 0 radical (unpaired) electrons. The summed E-state index contributed by atoms with van der Waals surface area (Å²) in [4.78, 5) is 0. The lowest BCUT2D eigenvalue weighted by atomic mass is 9.96. The van der Waals surface area contributed by atoms with E-state index in [0.717, 1.165) is 0 Å². The second kappa shape index (κ2) is 4.19. The number of rotatable bonds is 2.